The fourth-order valence-corrected chi connectivity index (χ4v) is 2.84. The maximum absolute atomic E-state index is 12.9. The number of allylic oxidation sites excluding steroid dienone is 1. The fourth-order valence-electron chi connectivity index (χ4n) is 2.84. The Balaban J connectivity index is 1.87. The summed E-state index contributed by atoms with van der Waals surface area (Å²) in [5.74, 6) is -0.104. The molecule has 9 heteroatoms. The number of carbonyl (C=O) groups excluding carboxylic acids is 1. The second-order valence-corrected chi connectivity index (χ2v) is 5.96. The van der Waals surface area contributed by atoms with Gasteiger partial charge in [-0.25, -0.2) is 4.98 Å². The maximum Gasteiger partial charge on any atom is 0.435 e. The van der Waals surface area contributed by atoms with Gasteiger partial charge >= 0.3 is 6.18 Å². The van der Waals surface area contributed by atoms with Gasteiger partial charge in [-0.05, 0) is 38.0 Å². The first-order valence-electron chi connectivity index (χ1n) is 8.19. The van der Waals surface area contributed by atoms with E-state index < -0.39 is 11.9 Å². The highest BCUT2D eigenvalue weighted by molar-refractivity contribution is 5.93. The van der Waals surface area contributed by atoms with Crippen molar-refractivity contribution >= 4 is 17.5 Å². The second-order valence-electron chi connectivity index (χ2n) is 5.96. The van der Waals surface area contributed by atoms with E-state index in [0.29, 0.717) is 5.56 Å². The summed E-state index contributed by atoms with van der Waals surface area (Å²) < 4.78 is 40.0. The van der Waals surface area contributed by atoms with E-state index in [1.54, 1.807) is 6.92 Å². The molecule has 0 radical (unpaired) electrons. The number of hydrogen-bond acceptors (Lipinski definition) is 4. The molecule has 0 spiro atoms. The zero-order valence-corrected chi connectivity index (χ0v) is 14.0. The lowest BCUT2D eigenvalue weighted by atomic mass is 10.1. The molecular formula is C17H18F3N5O. The number of nitrogen functional groups attached to an aromatic ring is 1. The molecular weight excluding hydrogens is 347 g/mol. The number of hydrogen-bond donors (Lipinski definition) is 2. The number of amides is 1. The predicted octanol–water partition coefficient (Wildman–Crippen LogP) is 3.47. The van der Waals surface area contributed by atoms with E-state index in [-0.39, 0.29) is 35.7 Å². The number of aryl methyl sites for hydroxylation is 1. The minimum atomic E-state index is -4.54. The minimum Gasteiger partial charge on any atom is -0.383 e. The summed E-state index contributed by atoms with van der Waals surface area (Å²) in [5.41, 5.74) is 5.49. The van der Waals surface area contributed by atoms with Gasteiger partial charge in [0, 0.05) is 12.1 Å². The van der Waals surface area contributed by atoms with E-state index in [0.717, 1.165) is 18.9 Å². The summed E-state index contributed by atoms with van der Waals surface area (Å²) in [6, 6.07) is 3.99. The van der Waals surface area contributed by atoms with Gasteiger partial charge in [-0.2, -0.15) is 18.3 Å². The molecule has 0 saturated carbocycles. The van der Waals surface area contributed by atoms with Gasteiger partial charge in [0.05, 0.1) is 11.6 Å². The number of carbonyl (C=O) groups is 1. The number of nitrogens with two attached hydrogens (primary N) is 1. The van der Waals surface area contributed by atoms with Gasteiger partial charge in [0.1, 0.15) is 11.6 Å². The highest BCUT2D eigenvalue weighted by atomic mass is 19.4. The van der Waals surface area contributed by atoms with Crippen LogP contribution in [0.15, 0.2) is 30.4 Å². The van der Waals surface area contributed by atoms with Crippen molar-refractivity contribution in [2.75, 3.05) is 11.1 Å². The Bertz CT molecular complexity index is 857. The Hall–Kier alpha value is -2.84. The molecule has 3 N–H and O–H groups in total. The average Bonchev–Trinajstić information content (AvgIpc) is 3.24. The Morgan fingerprint density at radius 3 is 2.77 bits per heavy atom. The molecule has 1 atom stereocenters. The van der Waals surface area contributed by atoms with Crippen LogP contribution in [-0.2, 0) is 17.5 Å². The summed E-state index contributed by atoms with van der Waals surface area (Å²) in [6.45, 7) is 1.93. The highest BCUT2D eigenvalue weighted by Gasteiger charge is 2.35. The van der Waals surface area contributed by atoms with Gasteiger partial charge in [-0.15, -0.1) is 0 Å². The molecule has 1 aliphatic rings. The quantitative estimate of drug-likeness (QED) is 0.813. The summed E-state index contributed by atoms with van der Waals surface area (Å²) in [4.78, 5) is 16.2. The molecule has 0 aromatic carbocycles. The van der Waals surface area contributed by atoms with Crippen LogP contribution in [0.3, 0.4) is 0 Å². The molecule has 2 aromatic heterocycles. The molecule has 1 amide bonds. The SMILES string of the molecule is CCn1nc(C(F)(F)F)cc1-c1ccc(NC(=O)C2C=CCC2)nc1N. The van der Waals surface area contributed by atoms with Crippen molar-refractivity contribution in [3.05, 3.63) is 36.0 Å². The Kier molecular flexibility index (Phi) is 4.71. The van der Waals surface area contributed by atoms with Gasteiger partial charge in [0.25, 0.3) is 0 Å². The van der Waals surface area contributed by atoms with Crippen molar-refractivity contribution in [2.45, 2.75) is 32.5 Å². The topological polar surface area (TPSA) is 85.8 Å². The van der Waals surface area contributed by atoms with E-state index >= 15 is 0 Å². The molecule has 0 saturated heterocycles. The number of anilines is 2. The van der Waals surface area contributed by atoms with Crippen molar-refractivity contribution in [1.29, 1.82) is 0 Å². The third-order valence-electron chi connectivity index (χ3n) is 4.17. The third kappa shape index (κ3) is 3.56. The maximum atomic E-state index is 12.9. The van der Waals surface area contributed by atoms with Crippen LogP contribution in [0.1, 0.15) is 25.5 Å². The lowest BCUT2D eigenvalue weighted by molar-refractivity contribution is -0.141. The van der Waals surface area contributed by atoms with Gasteiger partial charge in [0.2, 0.25) is 5.91 Å². The zero-order chi connectivity index (χ0) is 18.9. The van der Waals surface area contributed by atoms with Gasteiger partial charge in [-0.3, -0.25) is 9.48 Å². The average molecular weight is 365 g/mol. The molecule has 0 bridgehead atoms. The summed E-state index contributed by atoms with van der Waals surface area (Å²) >= 11 is 0. The van der Waals surface area contributed by atoms with Gasteiger partial charge in [0.15, 0.2) is 5.69 Å². The van der Waals surface area contributed by atoms with Crippen LogP contribution in [0, 0.1) is 5.92 Å². The van der Waals surface area contributed by atoms with Gasteiger partial charge in [-0.1, -0.05) is 12.2 Å². The lowest BCUT2D eigenvalue weighted by Crippen LogP contribution is -2.20. The van der Waals surface area contributed by atoms with E-state index in [1.165, 1.54) is 16.8 Å². The number of alkyl halides is 3. The number of nitrogens with one attached hydrogen (secondary N) is 1. The number of halogens is 3. The zero-order valence-electron chi connectivity index (χ0n) is 14.0. The van der Waals surface area contributed by atoms with Crippen LogP contribution in [-0.4, -0.2) is 20.7 Å². The van der Waals surface area contributed by atoms with Crippen molar-refractivity contribution in [1.82, 2.24) is 14.8 Å². The van der Waals surface area contributed by atoms with E-state index in [1.807, 2.05) is 12.2 Å². The Morgan fingerprint density at radius 1 is 1.42 bits per heavy atom. The molecule has 138 valence electrons. The van der Waals surface area contributed by atoms with Crippen molar-refractivity contribution < 1.29 is 18.0 Å². The van der Waals surface area contributed by atoms with Crippen LogP contribution < -0.4 is 11.1 Å². The second kappa shape index (κ2) is 6.81. The predicted molar refractivity (Wildman–Crippen MR) is 91.0 cm³/mol. The number of nitrogens with zero attached hydrogens (tertiary/aromatic N) is 3. The molecule has 6 nitrogen and oxygen atoms in total. The first kappa shape index (κ1) is 18.0. The normalized spacial score (nSPS) is 16.8. The van der Waals surface area contributed by atoms with E-state index in [9.17, 15) is 18.0 Å². The van der Waals surface area contributed by atoms with Crippen molar-refractivity contribution in [3.8, 4) is 11.3 Å². The molecule has 26 heavy (non-hydrogen) atoms. The first-order chi connectivity index (χ1) is 12.3. The molecule has 1 unspecified atom stereocenters. The van der Waals surface area contributed by atoms with Crippen LogP contribution in [0.2, 0.25) is 0 Å². The monoisotopic (exact) mass is 365 g/mol. The van der Waals surface area contributed by atoms with Gasteiger partial charge < -0.3 is 11.1 Å². The smallest absolute Gasteiger partial charge is 0.383 e. The first-order valence-corrected chi connectivity index (χ1v) is 8.19. The lowest BCUT2D eigenvalue weighted by Gasteiger charge is -2.11. The molecule has 0 aliphatic heterocycles. The van der Waals surface area contributed by atoms with Crippen LogP contribution in [0.25, 0.3) is 11.3 Å². The third-order valence-corrected chi connectivity index (χ3v) is 4.17. The van der Waals surface area contributed by atoms with E-state index in [2.05, 4.69) is 15.4 Å². The van der Waals surface area contributed by atoms with Crippen LogP contribution in [0.4, 0.5) is 24.8 Å². The largest absolute Gasteiger partial charge is 0.435 e. The molecule has 1 aliphatic carbocycles. The number of rotatable bonds is 4. The fraction of sp³-hybridized carbons (Fsp3) is 0.353. The standard InChI is InChI=1S/C17H18F3N5O/c1-2-25-12(9-13(24-25)17(18,19)20)11-7-8-14(22-15(11)21)23-16(26)10-5-3-4-6-10/h3,5,7-10H,2,4,6H2,1H3,(H3,21,22,23,26). The number of aromatic nitrogens is 3. The van der Waals surface area contributed by atoms with Crippen molar-refractivity contribution in [3.63, 3.8) is 0 Å². The van der Waals surface area contributed by atoms with Crippen LogP contribution in [0.5, 0.6) is 0 Å². The molecule has 0 fully saturated rings. The molecule has 3 rings (SSSR count). The van der Waals surface area contributed by atoms with E-state index in [4.69, 9.17) is 5.73 Å². The molecule has 2 heterocycles. The Labute approximate surface area is 147 Å². The summed E-state index contributed by atoms with van der Waals surface area (Å²) in [7, 11) is 0. The van der Waals surface area contributed by atoms with Crippen molar-refractivity contribution in [2.24, 2.45) is 5.92 Å². The molecule has 2 aromatic rings. The summed E-state index contributed by atoms with van der Waals surface area (Å²) in [5, 5.41) is 6.25. The minimum absolute atomic E-state index is 0.0214. The Morgan fingerprint density at radius 2 is 2.19 bits per heavy atom. The number of pyridine rings is 1. The highest BCUT2D eigenvalue weighted by Crippen LogP contribution is 2.33. The summed E-state index contributed by atoms with van der Waals surface area (Å²) in [6.07, 6.45) is 0.843. The van der Waals surface area contributed by atoms with Crippen LogP contribution >= 0.6 is 0 Å².